The molecule has 112 valence electrons. The third kappa shape index (κ3) is 3.09. The van der Waals surface area contributed by atoms with Gasteiger partial charge < -0.3 is 15.4 Å². The molecule has 5 heteroatoms. The van der Waals surface area contributed by atoms with Crippen LogP contribution in [0.2, 0.25) is 0 Å². The van der Waals surface area contributed by atoms with Gasteiger partial charge >= 0.3 is 0 Å². The number of rotatable bonds is 5. The summed E-state index contributed by atoms with van der Waals surface area (Å²) in [5, 5.41) is 9.53. The predicted molar refractivity (Wildman–Crippen MR) is 84.5 cm³/mol. The highest BCUT2D eigenvalue weighted by Crippen LogP contribution is 2.19. The van der Waals surface area contributed by atoms with E-state index in [2.05, 4.69) is 4.98 Å². The van der Waals surface area contributed by atoms with Gasteiger partial charge in [0.15, 0.2) is 0 Å². The molecule has 0 aliphatic carbocycles. The largest absolute Gasteiger partial charge is 0.508 e. The van der Waals surface area contributed by atoms with Crippen LogP contribution in [0.1, 0.15) is 17.5 Å². The van der Waals surface area contributed by atoms with Crippen LogP contribution in [0.15, 0.2) is 48.8 Å². The van der Waals surface area contributed by atoms with Gasteiger partial charge in [0.25, 0.3) is 0 Å². The fourth-order valence-electron chi connectivity index (χ4n) is 2.51. The van der Waals surface area contributed by atoms with Crippen LogP contribution in [0.4, 0.5) is 0 Å². The zero-order valence-electron chi connectivity index (χ0n) is 12.1. The molecular weight excluding hydrogens is 278 g/mol. The average molecular weight is 295 g/mol. The van der Waals surface area contributed by atoms with Gasteiger partial charge in [-0.1, -0.05) is 18.2 Å². The molecule has 3 N–H and O–H groups in total. The minimum Gasteiger partial charge on any atom is -0.508 e. The fourth-order valence-corrected chi connectivity index (χ4v) is 2.51. The van der Waals surface area contributed by atoms with Crippen LogP contribution in [0.25, 0.3) is 11.0 Å². The first-order valence-corrected chi connectivity index (χ1v) is 7.12. The first kappa shape index (κ1) is 14.1. The van der Waals surface area contributed by atoms with Crippen molar-refractivity contribution in [3.05, 3.63) is 59.9 Å². The highest BCUT2D eigenvalue weighted by Gasteiger charge is 2.06. The molecule has 0 bridgehead atoms. The van der Waals surface area contributed by atoms with E-state index in [1.807, 2.05) is 34.9 Å². The second-order valence-corrected chi connectivity index (χ2v) is 5.33. The topological polar surface area (TPSA) is 81.1 Å². The standard InChI is InChI=1S/C17H17N3O2/c18-17(22)7-5-12-4-6-16-15(9-12)19-11-20(16)10-13-2-1-3-14(21)8-13/h1-4,6,8-9,11,21H,5,7,10H2,(H2,18,22). The van der Waals surface area contributed by atoms with E-state index < -0.39 is 0 Å². The summed E-state index contributed by atoms with van der Waals surface area (Å²) in [7, 11) is 0. The lowest BCUT2D eigenvalue weighted by molar-refractivity contribution is -0.117. The number of primary amides is 1. The summed E-state index contributed by atoms with van der Waals surface area (Å²) in [6, 6.07) is 13.2. The van der Waals surface area contributed by atoms with Gasteiger partial charge in [0.05, 0.1) is 17.4 Å². The number of benzene rings is 2. The number of hydrogen-bond acceptors (Lipinski definition) is 3. The molecule has 3 rings (SSSR count). The lowest BCUT2D eigenvalue weighted by Gasteiger charge is -2.06. The smallest absolute Gasteiger partial charge is 0.217 e. The van der Waals surface area contributed by atoms with Crippen molar-refractivity contribution in [2.24, 2.45) is 5.73 Å². The molecule has 0 radical (unpaired) electrons. The maximum atomic E-state index is 10.9. The highest BCUT2D eigenvalue weighted by molar-refractivity contribution is 5.77. The molecule has 1 amide bonds. The van der Waals surface area contributed by atoms with E-state index in [4.69, 9.17) is 5.73 Å². The number of imidazole rings is 1. The number of aromatic nitrogens is 2. The Morgan fingerprint density at radius 2 is 2.05 bits per heavy atom. The van der Waals surface area contributed by atoms with Crippen LogP contribution in [0.3, 0.4) is 0 Å². The zero-order valence-corrected chi connectivity index (χ0v) is 12.1. The third-order valence-electron chi connectivity index (χ3n) is 3.61. The molecule has 0 atom stereocenters. The number of carbonyl (C=O) groups excluding carboxylic acids is 1. The molecule has 0 aliphatic heterocycles. The van der Waals surface area contributed by atoms with Gasteiger partial charge in [-0.15, -0.1) is 0 Å². The summed E-state index contributed by atoms with van der Waals surface area (Å²) in [5.41, 5.74) is 9.15. The number of nitrogens with two attached hydrogens (primary N) is 1. The van der Waals surface area contributed by atoms with Crippen molar-refractivity contribution in [2.75, 3.05) is 0 Å². The number of amides is 1. The van der Waals surface area contributed by atoms with Crippen molar-refractivity contribution in [1.82, 2.24) is 9.55 Å². The van der Waals surface area contributed by atoms with Gasteiger partial charge in [-0.25, -0.2) is 4.98 Å². The Kier molecular flexibility index (Phi) is 3.78. The SMILES string of the molecule is NC(=O)CCc1ccc2c(c1)ncn2Cc1cccc(O)c1. The Morgan fingerprint density at radius 1 is 1.18 bits per heavy atom. The van der Waals surface area contributed by atoms with Gasteiger partial charge in [0, 0.05) is 13.0 Å². The minimum absolute atomic E-state index is 0.260. The molecule has 0 saturated heterocycles. The lowest BCUT2D eigenvalue weighted by atomic mass is 10.1. The average Bonchev–Trinajstić information content (AvgIpc) is 2.87. The van der Waals surface area contributed by atoms with Crippen molar-refractivity contribution < 1.29 is 9.90 Å². The molecule has 0 aliphatic rings. The van der Waals surface area contributed by atoms with Gasteiger partial charge in [-0.2, -0.15) is 0 Å². The van der Waals surface area contributed by atoms with E-state index in [1.54, 1.807) is 18.5 Å². The van der Waals surface area contributed by atoms with Crippen molar-refractivity contribution in [3.8, 4) is 5.75 Å². The first-order valence-electron chi connectivity index (χ1n) is 7.12. The van der Waals surface area contributed by atoms with Gasteiger partial charge in [0.2, 0.25) is 5.91 Å². The molecular formula is C17H17N3O2. The first-order chi connectivity index (χ1) is 10.6. The molecule has 1 heterocycles. The molecule has 2 aromatic carbocycles. The fraction of sp³-hybridized carbons (Fsp3) is 0.176. The maximum absolute atomic E-state index is 10.9. The Morgan fingerprint density at radius 3 is 2.82 bits per heavy atom. The molecule has 0 spiro atoms. The number of carbonyl (C=O) groups is 1. The van der Waals surface area contributed by atoms with Crippen LogP contribution < -0.4 is 5.73 Å². The molecule has 0 unspecified atom stereocenters. The van der Waals surface area contributed by atoms with Crippen LogP contribution in [-0.2, 0) is 17.8 Å². The quantitative estimate of drug-likeness (QED) is 0.757. The summed E-state index contributed by atoms with van der Waals surface area (Å²) >= 11 is 0. The van der Waals surface area contributed by atoms with Gasteiger partial charge in [-0.3, -0.25) is 4.79 Å². The zero-order chi connectivity index (χ0) is 15.5. The number of phenols is 1. The van der Waals surface area contributed by atoms with E-state index in [0.29, 0.717) is 19.4 Å². The van der Waals surface area contributed by atoms with Crippen LogP contribution >= 0.6 is 0 Å². The molecule has 3 aromatic rings. The summed E-state index contributed by atoms with van der Waals surface area (Å²) in [6.45, 7) is 0.644. The molecule has 5 nitrogen and oxygen atoms in total. The number of nitrogens with zero attached hydrogens (tertiary/aromatic N) is 2. The summed E-state index contributed by atoms with van der Waals surface area (Å²) in [6.07, 6.45) is 2.76. The van der Waals surface area contributed by atoms with Crippen molar-refractivity contribution >= 4 is 16.9 Å². The lowest BCUT2D eigenvalue weighted by Crippen LogP contribution is -2.11. The van der Waals surface area contributed by atoms with E-state index >= 15 is 0 Å². The predicted octanol–water partition coefficient (Wildman–Crippen LogP) is 2.21. The Hall–Kier alpha value is -2.82. The van der Waals surface area contributed by atoms with E-state index in [1.165, 1.54) is 0 Å². The van der Waals surface area contributed by atoms with Gasteiger partial charge in [0.1, 0.15) is 5.75 Å². The number of aromatic hydroxyl groups is 1. The van der Waals surface area contributed by atoms with Crippen LogP contribution in [0.5, 0.6) is 5.75 Å². The maximum Gasteiger partial charge on any atom is 0.217 e. The second-order valence-electron chi connectivity index (χ2n) is 5.33. The second kappa shape index (κ2) is 5.89. The van der Waals surface area contributed by atoms with Gasteiger partial charge in [-0.05, 0) is 41.8 Å². The van der Waals surface area contributed by atoms with Crippen molar-refractivity contribution in [2.45, 2.75) is 19.4 Å². The Balaban J connectivity index is 1.84. The summed E-state index contributed by atoms with van der Waals surface area (Å²) < 4.78 is 2.03. The van der Waals surface area contributed by atoms with Crippen LogP contribution in [-0.4, -0.2) is 20.6 Å². The highest BCUT2D eigenvalue weighted by atomic mass is 16.3. The van der Waals surface area contributed by atoms with E-state index in [-0.39, 0.29) is 11.7 Å². The normalized spacial score (nSPS) is 10.9. The Bertz CT molecular complexity index is 824. The number of hydrogen-bond donors (Lipinski definition) is 2. The Labute approximate surface area is 128 Å². The van der Waals surface area contributed by atoms with Crippen LogP contribution in [0, 0.1) is 0 Å². The van der Waals surface area contributed by atoms with E-state index in [9.17, 15) is 9.90 Å². The molecule has 1 aromatic heterocycles. The van der Waals surface area contributed by atoms with Crippen molar-refractivity contribution in [3.63, 3.8) is 0 Å². The van der Waals surface area contributed by atoms with Crippen molar-refractivity contribution in [1.29, 1.82) is 0 Å². The third-order valence-corrected chi connectivity index (χ3v) is 3.61. The summed E-state index contributed by atoms with van der Waals surface area (Å²) in [5.74, 6) is -0.0369. The number of aryl methyl sites for hydroxylation is 1. The number of phenolic OH excluding ortho intramolecular Hbond substituents is 1. The molecule has 0 saturated carbocycles. The number of fused-ring (bicyclic) bond motifs is 1. The van der Waals surface area contributed by atoms with E-state index in [0.717, 1.165) is 22.2 Å². The molecule has 22 heavy (non-hydrogen) atoms. The minimum atomic E-state index is -0.297. The molecule has 0 fully saturated rings. The summed E-state index contributed by atoms with van der Waals surface area (Å²) in [4.78, 5) is 15.3. The monoisotopic (exact) mass is 295 g/mol.